The second-order valence-electron chi connectivity index (χ2n) is 5.73. The Kier molecular flexibility index (Phi) is 4.10. The smallest absolute Gasteiger partial charge is 0.0521 e. The Labute approximate surface area is 127 Å². The Hall–Kier alpha value is -2.02. The van der Waals surface area contributed by atoms with Gasteiger partial charge in [0.15, 0.2) is 0 Å². The van der Waals surface area contributed by atoms with E-state index < -0.39 is 0 Å². The van der Waals surface area contributed by atoms with E-state index >= 15 is 0 Å². The molecule has 0 aliphatic rings. The zero-order valence-electron chi connectivity index (χ0n) is 13.0. The van der Waals surface area contributed by atoms with Gasteiger partial charge in [-0.3, -0.25) is 0 Å². The number of aromatic nitrogens is 1. The summed E-state index contributed by atoms with van der Waals surface area (Å²) in [4.78, 5) is 0. The minimum absolute atomic E-state index is 1.17. The summed E-state index contributed by atoms with van der Waals surface area (Å²) in [5, 5.41) is 1.41. The lowest BCUT2D eigenvalue weighted by molar-refractivity contribution is 0.719. The van der Waals surface area contributed by atoms with Gasteiger partial charge in [0.2, 0.25) is 0 Å². The lowest BCUT2D eigenvalue weighted by atomic mass is 10.00. The van der Waals surface area contributed by atoms with Crippen molar-refractivity contribution in [3.63, 3.8) is 0 Å². The fourth-order valence-corrected chi connectivity index (χ4v) is 3.24. The number of para-hydroxylation sites is 1. The van der Waals surface area contributed by atoms with Crippen molar-refractivity contribution < 1.29 is 0 Å². The van der Waals surface area contributed by atoms with Crippen LogP contribution in [-0.2, 0) is 13.5 Å². The molecule has 0 unspecified atom stereocenters. The van der Waals surface area contributed by atoms with E-state index in [1.165, 1.54) is 53.4 Å². The van der Waals surface area contributed by atoms with E-state index in [9.17, 15) is 0 Å². The van der Waals surface area contributed by atoms with Crippen molar-refractivity contribution >= 4 is 10.9 Å². The van der Waals surface area contributed by atoms with Crippen LogP contribution in [0.3, 0.4) is 0 Å². The Balaban J connectivity index is 2.16. The lowest BCUT2D eigenvalue weighted by Crippen LogP contribution is -1.94. The highest BCUT2D eigenvalue weighted by Gasteiger charge is 2.15. The fraction of sp³-hybridized carbons (Fsp3) is 0.300. The van der Waals surface area contributed by atoms with Crippen LogP contribution in [0.4, 0.5) is 0 Å². The fourth-order valence-electron chi connectivity index (χ4n) is 3.24. The Morgan fingerprint density at radius 1 is 0.857 bits per heavy atom. The number of rotatable bonds is 5. The van der Waals surface area contributed by atoms with Crippen molar-refractivity contribution in [2.75, 3.05) is 0 Å². The minimum Gasteiger partial charge on any atom is -0.343 e. The van der Waals surface area contributed by atoms with E-state index in [-0.39, 0.29) is 0 Å². The number of fused-ring (bicyclic) bond motifs is 1. The first-order valence-electron chi connectivity index (χ1n) is 7.94. The topological polar surface area (TPSA) is 4.93 Å². The highest BCUT2D eigenvalue weighted by molar-refractivity contribution is 5.91. The predicted octanol–water partition coefficient (Wildman–Crippen LogP) is 5.58. The van der Waals surface area contributed by atoms with Crippen LogP contribution in [0.5, 0.6) is 0 Å². The molecule has 0 aliphatic carbocycles. The van der Waals surface area contributed by atoms with E-state index in [0.717, 1.165) is 0 Å². The third-order valence-corrected chi connectivity index (χ3v) is 4.29. The van der Waals surface area contributed by atoms with Crippen LogP contribution in [0, 0.1) is 0 Å². The van der Waals surface area contributed by atoms with Crippen LogP contribution in [0.25, 0.3) is 22.2 Å². The molecule has 0 fully saturated rings. The van der Waals surface area contributed by atoms with Crippen LogP contribution in [0.2, 0.25) is 0 Å². The Morgan fingerprint density at radius 2 is 1.57 bits per heavy atom. The Bertz CT molecular complexity index is 722. The van der Waals surface area contributed by atoms with Gasteiger partial charge in [0.1, 0.15) is 0 Å². The molecule has 3 aromatic rings. The maximum Gasteiger partial charge on any atom is 0.0521 e. The summed E-state index contributed by atoms with van der Waals surface area (Å²) in [6, 6.07) is 19.6. The van der Waals surface area contributed by atoms with Gasteiger partial charge in [0.05, 0.1) is 5.69 Å². The van der Waals surface area contributed by atoms with Gasteiger partial charge in [-0.05, 0) is 30.0 Å². The first kappa shape index (κ1) is 13.9. The summed E-state index contributed by atoms with van der Waals surface area (Å²) >= 11 is 0. The molecule has 21 heavy (non-hydrogen) atoms. The number of nitrogens with zero attached hydrogens (tertiary/aromatic N) is 1. The Morgan fingerprint density at radius 3 is 2.33 bits per heavy atom. The molecule has 1 aromatic heterocycles. The first-order valence-corrected chi connectivity index (χ1v) is 7.94. The number of aryl methyl sites for hydroxylation is 2. The van der Waals surface area contributed by atoms with Gasteiger partial charge < -0.3 is 4.57 Å². The van der Waals surface area contributed by atoms with E-state index in [1.54, 1.807) is 0 Å². The van der Waals surface area contributed by atoms with E-state index in [0.29, 0.717) is 0 Å². The van der Waals surface area contributed by atoms with Gasteiger partial charge in [-0.2, -0.15) is 0 Å². The molecule has 0 bridgehead atoms. The van der Waals surface area contributed by atoms with Crippen molar-refractivity contribution in [2.24, 2.45) is 7.05 Å². The molecule has 0 spiro atoms. The molecular formula is C20H23N. The summed E-state index contributed by atoms with van der Waals surface area (Å²) in [5.74, 6) is 0. The molecule has 1 nitrogen and oxygen atoms in total. The summed E-state index contributed by atoms with van der Waals surface area (Å²) in [6.07, 6.45) is 5.01. The molecule has 0 aliphatic heterocycles. The maximum absolute atomic E-state index is 2.35. The SMILES string of the molecule is CCCCCc1c(-c2ccccc2)n(C)c2ccccc12. The third-order valence-electron chi connectivity index (χ3n) is 4.29. The van der Waals surface area contributed by atoms with Crippen molar-refractivity contribution in [3.8, 4) is 11.3 Å². The molecule has 3 rings (SSSR count). The largest absolute Gasteiger partial charge is 0.343 e. The average molecular weight is 277 g/mol. The molecule has 1 heterocycles. The molecular weight excluding hydrogens is 254 g/mol. The van der Waals surface area contributed by atoms with Crippen molar-refractivity contribution in [2.45, 2.75) is 32.6 Å². The molecule has 2 aromatic carbocycles. The zero-order valence-corrected chi connectivity index (χ0v) is 13.0. The number of benzene rings is 2. The number of hydrogen-bond donors (Lipinski definition) is 0. The predicted molar refractivity (Wildman–Crippen MR) is 91.6 cm³/mol. The molecule has 1 heteroatoms. The quantitative estimate of drug-likeness (QED) is 0.537. The van der Waals surface area contributed by atoms with Gasteiger partial charge in [-0.15, -0.1) is 0 Å². The summed E-state index contributed by atoms with van der Waals surface area (Å²) in [5.41, 5.74) is 5.55. The lowest BCUT2D eigenvalue weighted by Gasteiger charge is -2.08. The zero-order chi connectivity index (χ0) is 14.7. The van der Waals surface area contributed by atoms with E-state index in [2.05, 4.69) is 73.1 Å². The molecule has 0 radical (unpaired) electrons. The summed E-state index contributed by atoms with van der Waals surface area (Å²) < 4.78 is 2.35. The molecule has 0 amide bonds. The van der Waals surface area contributed by atoms with Gasteiger partial charge >= 0.3 is 0 Å². The first-order chi connectivity index (χ1) is 10.3. The highest BCUT2D eigenvalue weighted by Crippen LogP contribution is 2.34. The number of hydrogen-bond acceptors (Lipinski definition) is 0. The van der Waals surface area contributed by atoms with Crippen molar-refractivity contribution in [1.82, 2.24) is 4.57 Å². The van der Waals surface area contributed by atoms with Gasteiger partial charge in [0, 0.05) is 18.0 Å². The highest BCUT2D eigenvalue weighted by atomic mass is 14.9. The average Bonchev–Trinajstić information content (AvgIpc) is 2.82. The monoisotopic (exact) mass is 277 g/mol. The van der Waals surface area contributed by atoms with Crippen LogP contribution in [0.15, 0.2) is 54.6 Å². The second-order valence-corrected chi connectivity index (χ2v) is 5.73. The third kappa shape index (κ3) is 2.61. The van der Waals surface area contributed by atoms with Crippen LogP contribution in [-0.4, -0.2) is 4.57 Å². The number of unbranched alkanes of at least 4 members (excludes halogenated alkanes) is 2. The molecule has 0 saturated carbocycles. The maximum atomic E-state index is 2.35. The summed E-state index contributed by atoms with van der Waals surface area (Å²) in [6.45, 7) is 2.27. The van der Waals surface area contributed by atoms with Crippen LogP contribution in [0.1, 0.15) is 31.7 Å². The van der Waals surface area contributed by atoms with Crippen LogP contribution >= 0.6 is 0 Å². The normalized spacial score (nSPS) is 11.1. The standard InChI is InChI=1S/C20H23N/c1-3-4-6-14-18-17-13-9-10-15-19(17)21(2)20(18)16-11-7-5-8-12-16/h5,7-13,15H,3-4,6,14H2,1-2H3. The van der Waals surface area contributed by atoms with Crippen molar-refractivity contribution in [3.05, 3.63) is 60.2 Å². The van der Waals surface area contributed by atoms with Crippen molar-refractivity contribution in [1.29, 1.82) is 0 Å². The minimum atomic E-state index is 1.17. The van der Waals surface area contributed by atoms with E-state index in [1.807, 2.05) is 0 Å². The van der Waals surface area contributed by atoms with E-state index in [4.69, 9.17) is 0 Å². The molecule has 0 atom stereocenters. The molecule has 0 N–H and O–H groups in total. The second kappa shape index (κ2) is 6.17. The van der Waals surface area contributed by atoms with Crippen LogP contribution < -0.4 is 0 Å². The van der Waals surface area contributed by atoms with Gasteiger partial charge in [-0.25, -0.2) is 0 Å². The molecule has 0 saturated heterocycles. The summed E-state index contributed by atoms with van der Waals surface area (Å²) in [7, 11) is 2.19. The van der Waals surface area contributed by atoms with Gasteiger partial charge in [-0.1, -0.05) is 68.3 Å². The van der Waals surface area contributed by atoms with Gasteiger partial charge in [0.25, 0.3) is 0 Å². The molecule has 108 valence electrons.